The number of piperazine rings is 1. The summed E-state index contributed by atoms with van der Waals surface area (Å²) in [6.45, 7) is 3.73. The van der Waals surface area contributed by atoms with Gasteiger partial charge < -0.3 is 15.2 Å². The molecule has 13 heteroatoms. The SMILES string of the molecule is C[C@H](Nc1ncnc2nc[nH]c12)c1nc(N2CCN(S(C)(=O)=O)CC2)c2c(Cl)cccc2n1. The number of fused-ring (bicyclic) bond motifs is 2. The van der Waals surface area contributed by atoms with Crippen LogP contribution in [0.2, 0.25) is 5.02 Å². The predicted octanol–water partition coefficient (Wildman–Crippen LogP) is 2.20. The zero-order valence-electron chi connectivity index (χ0n) is 18.0. The van der Waals surface area contributed by atoms with Crippen LogP contribution >= 0.6 is 11.6 Å². The van der Waals surface area contributed by atoms with E-state index in [4.69, 9.17) is 21.6 Å². The van der Waals surface area contributed by atoms with E-state index in [2.05, 4.69) is 30.2 Å². The molecule has 0 radical (unpaired) electrons. The standard InChI is InChI=1S/C20H22ClN9O2S/c1-12(26-19-16-18(23-10-22-16)24-11-25-19)17-27-14-5-3-4-13(21)15(14)20(28-17)29-6-8-30(9-7-29)33(2,31)32/h3-5,10-12H,6-9H2,1-2H3,(H2,22,23,24,25,26)/t12-/m0/s1. The summed E-state index contributed by atoms with van der Waals surface area (Å²) >= 11 is 6.54. The number of halogens is 1. The first-order chi connectivity index (χ1) is 15.8. The third-order valence-corrected chi connectivity index (χ3v) is 7.26. The highest BCUT2D eigenvalue weighted by Gasteiger charge is 2.27. The van der Waals surface area contributed by atoms with Gasteiger partial charge in [-0.05, 0) is 19.1 Å². The number of hydrogen-bond donors (Lipinski definition) is 2. The van der Waals surface area contributed by atoms with Crippen molar-refractivity contribution < 1.29 is 8.42 Å². The Labute approximate surface area is 195 Å². The highest BCUT2D eigenvalue weighted by molar-refractivity contribution is 7.88. The molecule has 1 fully saturated rings. The molecule has 4 heterocycles. The normalized spacial score (nSPS) is 16.4. The second-order valence-corrected chi connectivity index (χ2v) is 10.3. The summed E-state index contributed by atoms with van der Waals surface area (Å²) < 4.78 is 25.3. The predicted molar refractivity (Wildman–Crippen MR) is 127 cm³/mol. The second kappa shape index (κ2) is 8.36. The minimum atomic E-state index is -3.23. The van der Waals surface area contributed by atoms with Gasteiger partial charge in [-0.2, -0.15) is 4.31 Å². The lowest BCUT2D eigenvalue weighted by Gasteiger charge is -2.34. The molecule has 0 aliphatic carbocycles. The molecular weight excluding hydrogens is 466 g/mol. The van der Waals surface area contributed by atoms with Crippen molar-refractivity contribution >= 4 is 55.3 Å². The van der Waals surface area contributed by atoms with Crippen LogP contribution in [-0.4, -0.2) is 75.1 Å². The first-order valence-electron chi connectivity index (χ1n) is 10.4. The molecule has 1 aliphatic heterocycles. The highest BCUT2D eigenvalue weighted by Crippen LogP contribution is 2.33. The number of imidazole rings is 1. The van der Waals surface area contributed by atoms with Crippen molar-refractivity contribution in [3.8, 4) is 0 Å². The molecule has 1 aromatic carbocycles. The molecule has 5 rings (SSSR count). The summed E-state index contributed by atoms with van der Waals surface area (Å²) in [7, 11) is -3.23. The van der Waals surface area contributed by atoms with E-state index in [0.717, 1.165) is 10.9 Å². The minimum Gasteiger partial charge on any atom is -0.358 e. The molecule has 2 N–H and O–H groups in total. The topological polar surface area (TPSA) is 133 Å². The summed E-state index contributed by atoms with van der Waals surface area (Å²) in [5, 5.41) is 4.64. The number of anilines is 2. The van der Waals surface area contributed by atoms with Crippen molar-refractivity contribution in [2.45, 2.75) is 13.0 Å². The van der Waals surface area contributed by atoms with Crippen LogP contribution in [0.5, 0.6) is 0 Å². The van der Waals surface area contributed by atoms with Crippen molar-refractivity contribution in [1.29, 1.82) is 0 Å². The van der Waals surface area contributed by atoms with Crippen molar-refractivity contribution in [1.82, 2.24) is 34.2 Å². The average Bonchev–Trinajstić information content (AvgIpc) is 3.28. The van der Waals surface area contributed by atoms with E-state index >= 15 is 0 Å². The molecule has 4 aromatic rings. The van der Waals surface area contributed by atoms with Crippen molar-refractivity contribution in [2.75, 3.05) is 42.7 Å². The number of H-pyrrole nitrogens is 1. The Morgan fingerprint density at radius 1 is 1.12 bits per heavy atom. The lowest BCUT2D eigenvalue weighted by molar-refractivity contribution is 0.387. The summed E-state index contributed by atoms with van der Waals surface area (Å²) in [5.41, 5.74) is 1.98. The van der Waals surface area contributed by atoms with Gasteiger partial charge in [0, 0.05) is 26.2 Å². The number of aromatic amines is 1. The van der Waals surface area contributed by atoms with Gasteiger partial charge in [-0.25, -0.2) is 33.3 Å². The van der Waals surface area contributed by atoms with E-state index in [1.807, 2.05) is 19.1 Å². The zero-order valence-corrected chi connectivity index (χ0v) is 19.6. The van der Waals surface area contributed by atoms with Crippen LogP contribution in [0.15, 0.2) is 30.9 Å². The Morgan fingerprint density at radius 2 is 1.91 bits per heavy atom. The third-order valence-electron chi connectivity index (χ3n) is 5.64. The Balaban J connectivity index is 1.51. The van der Waals surface area contributed by atoms with Crippen LogP contribution in [-0.2, 0) is 10.0 Å². The monoisotopic (exact) mass is 487 g/mol. The van der Waals surface area contributed by atoms with E-state index in [-0.39, 0.29) is 6.04 Å². The molecule has 33 heavy (non-hydrogen) atoms. The largest absolute Gasteiger partial charge is 0.358 e. The van der Waals surface area contributed by atoms with E-state index in [1.54, 1.807) is 12.4 Å². The molecular formula is C20H22ClN9O2S. The molecule has 1 atom stereocenters. The summed E-state index contributed by atoms with van der Waals surface area (Å²) in [5.74, 6) is 1.86. The number of aromatic nitrogens is 6. The molecule has 3 aromatic heterocycles. The number of nitrogens with one attached hydrogen (secondary N) is 2. The van der Waals surface area contributed by atoms with Gasteiger partial charge in [0.2, 0.25) is 10.0 Å². The van der Waals surface area contributed by atoms with Gasteiger partial charge in [0.1, 0.15) is 17.7 Å². The van der Waals surface area contributed by atoms with Crippen molar-refractivity contribution in [2.24, 2.45) is 0 Å². The van der Waals surface area contributed by atoms with E-state index in [1.165, 1.54) is 16.9 Å². The number of nitrogens with zero attached hydrogens (tertiary/aromatic N) is 7. The van der Waals surface area contributed by atoms with Crippen molar-refractivity contribution in [3.63, 3.8) is 0 Å². The highest BCUT2D eigenvalue weighted by atomic mass is 35.5. The molecule has 0 bridgehead atoms. The fourth-order valence-corrected chi connectivity index (χ4v) is 5.02. The van der Waals surface area contributed by atoms with Gasteiger partial charge in [-0.15, -0.1) is 0 Å². The van der Waals surface area contributed by atoms with E-state index in [9.17, 15) is 8.42 Å². The Hall–Kier alpha value is -3.09. The Bertz CT molecular complexity index is 1430. The molecule has 11 nitrogen and oxygen atoms in total. The number of hydrogen-bond acceptors (Lipinski definition) is 9. The number of rotatable bonds is 5. The second-order valence-electron chi connectivity index (χ2n) is 7.88. The van der Waals surface area contributed by atoms with Gasteiger partial charge in [0.15, 0.2) is 17.3 Å². The summed E-state index contributed by atoms with van der Waals surface area (Å²) in [6, 6.07) is 5.27. The lowest BCUT2D eigenvalue weighted by Crippen LogP contribution is -2.48. The minimum absolute atomic E-state index is 0.286. The quantitative estimate of drug-likeness (QED) is 0.434. The first-order valence-corrected chi connectivity index (χ1v) is 12.6. The molecule has 1 saturated heterocycles. The molecule has 0 spiro atoms. The lowest BCUT2D eigenvalue weighted by atomic mass is 10.2. The maximum Gasteiger partial charge on any atom is 0.211 e. The smallest absolute Gasteiger partial charge is 0.211 e. The number of sulfonamides is 1. The van der Waals surface area contributed by atoms with Crippen LogP contribution in [0.4, 0.5) is 11.6 Å². The van der Waals surface area contributed by atoms with Gasteiger partial charge in [0.05, 0.1) is 34.6 Å². The summed E-state index contributed by atoms with van der Waals surface area (Å²) in [4.78, 5) is 27.3. The zero-order chi connectivity index (χ0) is 23.2. The average molecular weight is 488 g/mol. The van der Waals surface area contributed by atoms with Crippen LogP contribution in [0.25, 0.3) is 22.1 Å². The van der Waals surface area contributed by atoms with Crippen LogP contribution in [0, 0.1) is 0 Å². The van der Waals surface area contributed by atoms with E-state index < -0.39 is 10.0 Å². The van der Waals surface area contributed by atoms with Crippen molar-refractivity contribution in [3.05, 3.63) is 41.7 Å². The van der Waals surface area contributed by atoms with E-state index in [0.29, 0.717) is 59.8 Å². The third kappa shape index (κ3) is 4.16. The molecule has 0 unspecified atom stereocenters. The van der Waals surface area contributed by atoms with Crippen LogP contribution in [0.1, 0.15) is 18.8 Å². The maximum absolute atomic E-state index is 11.9. The Morgan fingerprint density at radius 3 is 2.67 bits per heavy atom. The van der Waals surface area contributed by atoms with Crippen LogP contribution < -0.4 is 10.2 Å². The first kappa shape index (κ1) is 21.7. The van der Waals surface area contributed by atoms with Gasteiger partial charge in [0.25, 0.3) is 0 Å². The van der Waals surface area contributed by atoms with Gasteiger partial charge in [-0.3, -0.25) is 0 Å². The molecule has 1 aliphatic rings. The molecule has 0 amide bonds. The van der Waals surface area contributed by atoms with Gasteiger partial charge >= 0.3 is 0 Å². The molecule has 172 valence electrons. The summed E-state index contributed by atoms with van der Waals surface area (Å²) in [6.07, 6.45) is 4.25. The van der Waals surface area contributed by atoms with Gasteiger partial charge in [-0.1, -0.05) is 17.7 Å². The molecule has 0 saturated carbocycles. The Kier molecular flexibility index (Phi) is 5.51. The fourth-order valence-electron chi connectivity index (χ4n) is 3.94. The fraction of sp³-hybridized carbons (Fsp3) is 0.350. The maximum atomic E-state index is 11.9. The number of benzene rings is 1. The van der Waals surface area contributed by atoms with Crippen LogP contribution in [0.3, 0.4) is 0 Å².